The highest BCUT2D eigenvalue weighted by atomic mass is 16.1. The number of nitrogens with one attached hydrogen (secondary N) is 1. The van der Waals surface area contributed by atoms with Gasteiger partial charge in [0.2, 0.25) is 0 Å². The van der Waals surface area contributed by atoms with Gasteiger partial charge in [-0.05, 0) is 98.2 Å². The molecule has 0 saturated carbocycles. The van der Waals surface area contributed by atoms with E-state index in [1.807, 2.05) is 58.2 Å². The fraction of sp³-hybridized carbons (Fsp3) is 0.364. The van der Waals surface area contributed by atoms with Gasteiger partial charge < -0.3 is 18.4 Å². The average Bonchev–Trinajstić information content (AvgIpc) is 3.90. The molecule has 0 bridgehead atoms. The number of fused-ring (bicyclic) bond motifs is 2. The number of pyridine rings is 3. The molecule has 8 nitrogen and oxygen atoms in total. The van der Waals surface area contributed by atoms with Crippen LogP contribution in [0.2, 0.25) is 0 Å². The van der Waals surface area contributed by atoms with Gasteiger partial charge in [0.25, 0.3) is 11.1 Å². The molecule has 0 aliphatic carbocycles. The highest BCUT2D eigenvalue weighted by Gasteiger charge is 2.05. The summed E-state index contributed by atoms with van der Waals surface area (Å²) in [6, 6.07) is 25.9. The molecule has 6 aromatic rings. The Labute approximate surface area is 309 Å². The topological polar surface area (TPSA) is 88.9 Å². The number of aromatic nitrogens is 5. The average molecular weight is 703 g/mol. The third-order valence-corrected chi connectivity index (χ3v) is 8.37. The van der Waals surface area contributed by atoms with Crippen LogP contribution in [0.5, 0.6) is 0 Å². The summed E-state index contributed by atoms with van der Waals surface area (Å²) in [7, 11) is 0. The minimum absolute atomic E-state index is 0.0255. The molecule has 1 aliphatic rings. The van der Waals surface area contributed by atoms with Crippen LogP contribution in [0.25, 0.3) is 11.2 Å². The van der Waals surface area contributed by atoms with Gasteiger partial charge in [-0.25, -0.2) is 4.98 Å². The van der Waals surface area contributed by atoms with Crippen molar-refractivity contribution < 1.29 is 0 Å². The van der Waals surface area contributed by atoms with Gasteiger partial charge in [0.1, 0.15) is 5.65 Å². The number of hydrogen-bond acceptors (Lipinski definition) is 4. The number of aliphatic imine (C=N–C) groups is 1. The normalized spacial score (nSPS) is 11.9. The standard InChI is InChI=1S/C11H13N.C10H12N2.2C8H11NO.C7H11N/c1-9(2)11-7-6-10-5-3-4-8-12(10)11;1-8(2)9-4-5-10-11-6-3-7-12(9)10;1-7(2)9-6-4-3-5-8(9)10;1-6(2)7-4-3-5-9-8(7)10;1-6(2)7-4-3-5-8-7/h3-9H,1-2H3;3-8H,1-2H3;3-7H,1-2H3;3-6H,1-2H3,(H,9,10);3-4,6H,5H2,1-2H3. The predicted octanol–water partition coefficient (Wildman–Crippen LogP) is 10.1. The summed E-state index contributed by atoms with van der Waals surface area (Å²) < 4.78 is 6.06. The van der Waals surface area contributed by atoms with E-state index in [9.17, 15) is 9.59 Å². The summed E-state index contributed by atoms with van der Waals surface area (Å²) in [5.41, 5.74) is 7.19. The zero-order chi connectivity index (χ0) is 38.2. The Kier molecular flexibility index (Phi) is 16.3. The number of nitrogens with zero attached hydrogens (tertiary/aromatic N) is 5. The second kappa shape index (κ2) is 20.6. The van der Waals surface area contributed by atoms with Crippen molar-refractivity contribution >= 4 is 16.9 Å². The highest BCUT2D eigenvalue weighted by Crippen LogP contribution is 2.18. The fourth-order valence-electron chi connectivity index (χ4n) is 5.50. The molecule has 1 N–H and O–H groups in total. The maximum Gasteiger partial charge on any atom is 0.251 e. The van der Waals surface area contributed by atoms with Crippen molar-refractivity contribution in [1.82, 2.24) is 23.3 Å². The van der Waals surface area contributed by atoms with Crippen molar-refractivity contribution in [2.75, 3.05) is 6.54 Å². The number of aromatic amines is 1. The lowest BCUT2D eigenvalue weighted by Crippen LogP contribution is -2.19. The van der Waals surface area contributed by atoms with E-state index in [4.69, 9.17) is 0 Å². The molecule has 0 fully saturated rings. The van der Waals surface area contributed by atoms with Gasteiger partial charge in [0, 0.05) is 71.3 Å². The van der Waals surface area contributed by atoms with Crippen LogP contribution in [0, 0.1) is 5.92 Å². The molecule has 7 heterocycles. The lowest BCUT2D eigenvalue weighted by Gasteiger charge is -2.06. The van der Waals surface area contributed by atoms with E-state index >= 15 is 0 Å². The third kappa shape index (κ3) is 12.2. The minimum Gasteiger partial charge on any atom is -0.329 e. The number of allylic oxidation sites excluding steroid dienone is 1. The molecule has 7 rings (SSSR count). The summed E-state index contributed by atoms with van der Waals surface area (Å²) in [6.07, 6.45) is 13.6. The summed E-state index contributed by atoms with van der Waals surface area (Å²) >= 11 is 0. The van der Waals surface area contributed by atoms with Crippen LogP contribution in [0.4, 0.5) is 0 Å². The second-order valence-corrected chi connectivity index (χ2v) is 14.1. The molecule has 8 heteroatoms. The number of hydrogen-bond donors (Lipinski definition) is 1. The van der Waals surface area contributed by atoms with Crippen LogP contribution < -0.4 is 11.1 Å². The van der Waals surface area contributed by atoms with Crippen LogP contribution in [0.1, 0.15) is 110 Å². The highest BCUT2D eigenvalue weighted by molar-refractivity contribution is 5.97. The Bertz CT molecular complexity index is 1990. The van der Waals surface area contributed by atoms with E-state index in [2.05, 4.69) is 132 Å². The smallest absolute Gasteiger partial charge is 0.251 e. The first-order valence-corrected chi connectivity index (χ1v) is 18.3. The summed E-state index contributed by atoms with van der Waals surface area (Å²) in [4.78, 5) is 33.1. The van der Waals surface area contributed by atoms with Gasteiger partial charge in [0.15, 0.2) is 0 Å². The maximum absolute atomic E-state index is 11.0. The van der Waals surface area contributed by atoms with Gasteiger partial charge in [-0.15, -0.1) is 0 Å². The molecule has 0 atom stereocenters. The van der Waals surface area contributed by atoms with Crippen molar-refractivity contribution in [2.24, 2.45) is 10.9 Å². The van der Waals surface area contributed by atoms with Gasteiger partial charge in [-0.2, -0.15) is 0 Å². The Morgan fingerprint density at radius 2 is 1.29 bits per heavy atom. The van der Waals surface area contributed by atoms with Crippen molar-refractivity contribution in [3.05, 3.63) is 160 Å². The number of H-pyrrole nitrogens is 1. The molecule has 276 valence electrons. The first kappa shape index (κ1) is 41.2. The zero-order valence-corrected chi connectivity index (χ0v) is 32.7. The lowest BCUT2D eigenvalue weighted by atomic mass is 10.1. The summed E-state index contributed by atoms with van der Waals surface area (Å²) in [6.45, 7) is 22.0. The van der Waals surface area contributed by atoms with E-state index < -0.39 is 0 Å². The first-order chi connectivity index (χ1) is 24.8. The minimum atomic E-state index is 0.0255. The van der Waals surface area contributed by atoms with Crippen molar-refractivity contribution in [2.45, 2.75) is 93.0 Å². The van der Waals surface area contributed by atoms with Crippen LogP contribution in [0.15, 0.2) is 137 Å². The van der Waals surface area contributed by atoms with Gasteiger partial charge in [0.05, 0.1) is 6.54 Å². The molecule has 52 heavy (non-hydrogen) atoms. The van der Waals surface area contributed by atoms with E-state index in [0.717, 1.165) is 17.8 Å². The largest absolute Gasteiger partial charge is 0.329 e. The molecule has 6 aromatic heterocycles. The summed E-state index contributed by atoms with van der Waals surface area (Å²) in [5.74, 6) is 2.06. The maximum atomic E-state index is 11.0. The zero-order valence-electron chi connectivity index (χ0n) is 32.7. The van der Waals surface area contributed by atoms with Crippen LogP contribution >= 0.6 is 0 Å². The van der Waals surface area contributed by atoms with Crippen LogP contribution in [-0.2, 0) is 0 Å². The summed E-state index contributed by atoms with van der Waals surface area (Å²) in [5, 5.41) is 0. The number of rotatable bonds is 5. The third-order valence-electron chi connectivity index (χ3n) is 8.37. The lowest BCUT2D eigenvalue weighted by molar-refractivity contribution is 0.578. The molecule has 0 spiro atoms. The SMILES string of the molecule is CC(C)C1=NCC=C1.CC(C)c1ccc2ccccn12.CC(C)c1ccc2ncccn12.CC(C)c1ccc[nH]c1=O.CC(C)n1ccccc1=O. The van der Waals surface area contributed by atoms with Gasteiger partial charge in [-0.3, -0.25) is 14.6 Å². The molecule has 0 unspecified atom stereocenters. The Balaban J connectivity index is 0.000000177. The molecular weight excluding hydrogens is 645 g/mol. The van der Waals surface area contributed by atoms with E-state index in [-0.39, 0.29) is 17.2 Å². The molecule has 0 amide bonds. The van der Waals surface area contributed by atoms with Crippen molar-refractivity contribution in [1.29, 1.82) is 0 Å². The van der Waals surface area contributed by atoms with Crippen molar-refractivity contribution in [3.63, 3.8) is 0 Å². The van der Waals surface area contributed by atoms with E-state index in [1.165, 1.54) is 22.6 Å². The first-order valence-electron chi connectivity index (χ1n) is 18.3. The van der Waals surface area contributed by atoms with E-state index in [1.54, 1.807) is 29.1 Å². The van der Waals surface area contributed by atoms with Gasteiger partial charge >= 0.3 is 0 Å². The van der Waals surface area contributed by atoms with Crippen LogP contribution in [-0.4, -0.2) is 35.6 Å². The van der Waals surface area contributed by atoms with Gasteiger partial charge in [-0.1, -0.05) is 79.7 Å². The Hall–Kier alpha value is -5.24. The molecule has 0 radical (unpaired) electrons. The molecule has 0 saturated heterocycles. The monoisotopic (exact) mass is 702 g/mol. The molecule has 0 aromatic carbocycles. The predicted molar refractivity (Wildman–Crippen MR) is 219 cm³/mol. The second-order valence-electron chi connectivity index (χ2n) is 14.1. The van der Waals surface area contributed by atoms with Crippen molar-refractivity contribution in [3.8, 4) is 0 Å². The van der Waals surface area contributed by atoms with Crippen LogP contribution in [0.3, 0.4) is 0 Å². The Morgan fingerprint density at radius 3 is 1.83 bits per heavy atom. The molecular formula is C44H58N6O2. The fourth-order valence-corrected chi connectivity index (χ4v) is 5.50. The molecule has 1 aliphatic heterocycles. The Morgan fingerprint density at radius 1 is 0.635 bits per heavy atom. The quantitative estimate of drug-likeness (QED) is 0.194. The van der Waals surface area contributed by atoms with E-state index in [0.29, 0.717) is 23.7 Å².